The van der Waals surface area contributed by atoms with Crippen molar-refractivity contribution in [2.75, 3.05) is 0 Å². The molecule has 2 rings (SSSR count). The van der Waals surface area contributed by atoms with Crippen molar-refractivity contribution in [2.45, 2.75) is 50.7 Å². The molecule has 0 saturated heterocycles. The molecule has 0 aliphatic heterocycles. The number of halogens is 1. The summed E-state index contributed by atoms with van der Waals surface area (Å²) < 4.78 is 3.06. The van der Waals surface area contributed by atoms with Crippen LogP contribution in [0.25, 0.3) is 0 Å². The summed E-state index contributed by atoms with van der Waals surface area (Å²) in [5.74, 6) is 0. The van der Waals surface area contributed by atoms with E-state index in [1.165, 1.54) is 12.8 Å². The Morgan fingerprint density at radius 1 is 1.76 bits per heavy atom. The van der Waals surface area contributed by atoms with Gasteiger partial charge in [0.25, 0.3) is 0 Å². The zero-order chi connectivity index (χ0) is 12.5. The summed E-state index contributed by atoms with van der Waals surface area (Å²) in [5, 5.41) is 17.0. The normalized spacial score (nSPS) is 20.6. The average molecular weight is 344 g/mol. The van der Waals surface area contributed by atoms with Gasteiger partial charge in [-0.25, -0.2) is 0 Å². The zero-order valence-electron chi connectivity index (χ0n) is 10.2. The van der Waals surface area contributed by atoms with E-state index < -0.39 is 5.54 Å². The van der Waals surface area contributed by atoms with Gasteiger partial charge in [-0.1, -0.05) is 0 Å². The van der Waals surface area contributed by atoms with E-state index in [0.29, 0.717) is 6.04 Å². The highest BCUT2D eigenvalue weighted by Crippen LogP contribution is 2.27. The summed E-state index contributed by atoms with van der Waals surface area (Å²) in [6.45, 7) is 4.09. The Balaban J connectivity index is 2.00. The molecular weight excluding hydrogens is 327 g/mol. The van der Waals surface area contributed by atoms with Crippen LogP contribution < -0.4 is 5.32 Å². The fourth-order valence-corrected chi connectivity index (χ4v) is 2.47. The molecule has 1 aliphatic carbocycles. The van der Waals surface area contributed by atoms with Crippen LogP contribution in [0.15, 0.2) is 12.4 Å². The summed E-state index contributed by atoms with van der Waals surface area (Å²) in [6, 6.07) is 3.18. The largest absolute Gasteiger partial charge is 0.297 e. The fourth-order valence-electron chi connectivity index (χ4n) is 2.06. The van der Waals surface area contributed by atoms with Crippen LogP contribution in [0, 0.1) is 14.9 Å². The molecular formula is C12H17IN4. The van der Waals surface area contributed by atoms with Crippen molar-refractivity contribution in [3.05, 3.63) is 16.0 Å². The summed E-state index contributed by atoms with van der Waals surface area (Å²) in [5.41, 5.74) is -0.446. The van der Waals surface area contributed by atoms with Gasteiger partial charge >= 0.3 is 0 Å². The Morgan fingerprint density at radius 3 is 2.94 bits per heavy atom. The topological polar surface area (TPSA) is 53.6 Å². The summed E-state index contributed by atoms with van der Waals surface area (Å²) >= 11 is 2.25. The second-order valence-electron chi connectivity index (χ2n) is 5.05. The molecule has 92 valence electrons. The molecule has 0 bridgehead atoms. The molecule has 1 aromatic heterocycles. The highest BCUT2D eigenvalue weighted by atomic mass is 127. The van der Waals surface area contributed by atoms with Crippen molar-refractivity contribution in [1.29, 1.82) is 5.26 Å². The first-order valence-electron chi connectivity index (χ1n) is 5.91. The van der Waals surface area contributed by atoms with Crippen LogP contribution in [-0.4, -0.2) is 21.4 Å². The van der Waals surface area contributed by atoms with Crippen LogP contribution >= 0.6 is 22.6 Å². The first-order chi connectivity index (χ1) is 8.02. The van der Waals surface area contributed by atoms with Crippen molar-refractivity contribution in [2.24, 2.45) is 0 Å². The van der Waals surface area contributed by atoms with Crippen molar-refractivity contribution in [3.8, 4) is 6.07 Å². The molecule has 2 unspecified atom stereocenters. The molecule has 1 heterocycles. The Kier molecular flexibility index (Phi) is 3.73. The molecule has 0 spiro atoms. The Bertz CT molecular complexity index is 432. The lowest BCUT2D eigenvalue weighted by atomic mass is 9.95. The van der Waals surface area contributed by atoms with Crippen LogP contribution in [0.1, 0.15) is 39.2 Å². The molecule has 1 aromatic rings. The molecule has 0 aromatic carbocycles. The van der Waals surface area contributed by atoms with E-state index in [1.54, 1.807) is 0 Å². The fraction of sp³-hybridized carbons (Fsp3) is 0.667. The highest BCUT2D eigenvalue weighted by molar-refractivity contribution is 14.1. The molecule has 2 atom stereocenters. The van der Waals surface area contributed by atoms with Gasteiger partial charge in [0.15, 0.2) is 0 Å². The number of hydrogen-bond donors (Lipinski definition) is 1. The number of hydrogen-bond acceptors (Lipinski definition) is 3. The van der Waals surface area contributed by atoms with Crippen molar-refractivity contribution in [3.63, 3.8) is 0 Å². The lowest BCUT2D eigenvalue weighted by Crippen LogP contribution is -2.43. The zero-order valence-corrected chi connectivity index (χ0v) is 12.3. The maximum absolute atomic E-state index is 9.32. The van der Waals surface area contributed by atoms with Gasteiger partial charge in [-0.15, -0.1) is 0 Å². The van der Waals surface area contributed by atoms with Gasteiger partial charge in [0.05, 0.1) is 21.9 Å². The SMILES string of the molecule is CC(CC(C)(C#N)NC1CC1)n1cc(I)cn1. The van der Waals surface area contributed by atoms with Crippen molar-refractivity contribution < 1.29 is 0 Å². The minimum absolute atomic E-state index is 0.231. The standard InChI is InChI=1S/C12H17IN4/c1-9(17-7-10(13)6-15-17)5-12(2,8-14)16-11-3-4-11/h6-7,9,11,16H,3-5H2,1-2H3. The first-order valence-corrected chi connectivity index (χ1v) is 6.99. The third kappa shape index (κ3) is 3.42. The van der Waals surface area contributed by atoms with Crippen LogP contribution in [-0.2, 0) is 0 Å². The van der Waals surface area contributed by atoms with Gasteiger partial charge in [0, 0.05) is 18.7 Å². The molecule has 1 fully saturated rings. The van der Waals surface area contributed by atoms with Crippen LogP contribution in [0.3, 0.4) is 0 Å². The lowest BCUT2D eigenvalue weighted by Gasteiger charge is -2.26. The summed E-state index contributed by atoms with van der Waals surface area (Å²) in [7, 11) is 0. The van der Waals surface area contributed by atoms with Crippen LogP contribution in [0.2, 0.25) is 0 Å². The number of rotatable bonds is 5. The van der Waals surface area contributed by atoms with E-state index in [-0.39, 0.29) is 6.04 Å². The molecule has 4 nitrogen and oxygen atoms in total. The average Bonchev–Trinajstić information content (AvgIpc) is 2.97. The Labute approximate surface area is 116 Å². The lowest BCUT2D eigenvalue weighted by molar-refractivity contribution is 0.330. The quantitative estimate of drug-likeness (QED) is 0.835. The molecule has 5 heteroatoms. The maximum atomic E-state index is 9.32. The molecule has 1 aliphatic rings. The van der Waals surface area contributed by atoms with E-state index in [2.05, 4.69) is 46.0 Å². The van der Waals surface area contributed by atoms with E-state index in [9.17, 15) is 5.26 Å². The highest BCUT2D eigenvalue weighted by Gasteiger charge is 2.34. The Hall–Kier alpha value is -0.610. The van der Waals surface area contributed by atoms with Crippen LogP contribution in [0.4, 0.5) is 0 Å². The minimum atomic E-state index is -0.446. The number of nitrogens with one attached hydrogen (secondary N) is 1. The molecule has 0 radical (unpaired) electrons. The van der Waals surface area contributed by atoms with E-state index >= 15 is 0 Å². The molecule has 17 heavy (non-hydrogen) atoms. The maximum Gasteiger partial charge on any atom is 0.106 e. The second-order valence-corrected chi connectivity index (χ2v) is 6.30. The third-order valence-corrected chi connectivity index (χ3v) is 3.63. The van der Waals surface area contributed by atoms with Gasteiger partial charge in [-0.2, -0.15) is 10.4 Å². The third-order valence-electron chi connectivity index (χ3n) is 3.07. The van der Waals surface area contributed by atoms with Gasteiger partial charge in [-0.3, -0.25) is 10.00 Å². The van der Waals surface area contributed by atoms with E-state index in [1.807, 2.05) is 24.0 Å². The second kappa shape index (κ2) is 4.94. The van der Waals surface area contributed by atoms with E-state index in [4.69, 9.17) is 0 Å². The van der Waals surface area contributed by atoms with E-state index in [0.717, 1.165) is 9.99 Å². The molecule has 1 saturated carbocycles. The first kappa shape index (κ1) is 12.8. The smallest absolute Gasteiger partial charge is 0.106 e. The predicted molar refractivity (Wildman–Crippen MR) is 74.4 cm³/mol. The number of nitriles is 1. The van der Waals surface area contributed by atoms with Crippen LogP contribution in [0.5, 0.6) is 0 Å². The predicted octanol–water partition coefficient (Wildman–Crippen LogP) is 2.47. The number of nitrogens with zero attached hydrogens (tertiary/aromatic N) is 3. The molecule has 0 amide bonds. The Morgan fingerprint density at radius 2 is 2.47 bits per heavy atom. The van der Waals surface area contributed by atoms with Gasteiger partial charge in [0.2, 0.25) is 0 Å². The van der Waals surface area contributed by atoms with Gasteiger partial charge in [-0.05, 0) is 49.3 Å². The monoisotopic (exact) mass is 344 g/mol. The summed E-state index contributed by atoms with van der Waals surface area (Å²) in [6.07, 6.45) is 7.03. The molecule has 1 N–H and O–H groups in total. The van der Waals surface area contributed by atoms with Crippen molar-refractivity contribution >= 4 is 22.6 Å². The minimum Gasteiger partial charge on any atom is -0.297 e. The van der Waals surface area contributed by atoms with Gasteiger partial charge in [0.1, 0.15) is 5.54 Å². The number of aromatic nitrogens is 2. The summed E-state index contributed by atoms with van der Waals surface area (Å²) in [4.78, 5) is 0. The van der Waals surface area contributed by atoms with Gasteiger partial charge < -0.3 is 0 Å². The van der Waals surface area contributed by atoms with Crippen molar-refractivity contribution in [1.82, 2.24) is 15.1 Å².